The van der Waals surface area contributed by atoms with Crippen molar-refractivity contribution in [3.63, 3.8) is 0 Å². The summed E-state index contributed by atoms with van der Waals surface area (Å²) in [6.45, 7) is 10.9. The average molecular weight is 714 g/mol. The second-order valence-corrected chi connectivity index (χ2v) is 14.8. The molecule has 0 radical (unpaired) electrons. The highest BCUT2D eigenvalue weighted by molar-refractivity contribution is 7.25. The third-order valence-electron chi connectivity index (χ3n) is 10.6. The van der Waals surface area contributed by atoms with Crippen molar-refractivity contribution < 1.29 is 0 Å². The van der Waals surface area contributed by atoms with Crippen LogP contribution in [0.2, 0.25) is 0 Å². The monoisotopic (exact) mass is 713 g/mol. The number of aromatic nitrogens is 1. The zero-order valence-corrected chi connectivity index (χ0v) is 31.2. The summed E-state index contributed by atoms with van der Waals surface area (Å²) in [6, 6.07) is 58.3. The molecule has 54 heavy (non-hydrogen) atoms. The number of thiophene rings is 1. The van der Waals surface area contributed by atoms with Gasteiger partial charge in [0.25, 0.3) is 0 Å². The summed E-state index contributed by atoms with van der Waals surface area (Å²) < 4.78 is 4.89. The molecule has 9 aromatic rings. The Morgan fingerprint density at radius 2 is 1.30 bits per heavy atom. The van der Waals surface area contributed by atoms with E-state index in [1.54, 1.807) is 0 Å². The Bertz CT molecular complexity index is 2840. The third-order valence-corrected chi connectivity index (χ3v) is 11.8. The third kappa shape index (κ3) is 5.72. The van der Waals surface area contributed by atoms with Crippen molar-refractivity contribution >= 4 is 70.8 Å². The maximum Gasteiger partial charge on any atom is 0.147 e. The number of rotatable bonds is 9. The van der Waals surface area contributed by atoms with Crippen LogP contribution in [0.5, 0.6) is 0 Å². The summed E-state index contributed by atoms with van der Waals surface area (Å²) in [5, 5.41) is 5.02. The molecule has 2 heterocycles. The van der Waals surface area contributed by atoms with E-state index in [2.05, 4.69) is 194 Å². The number of para-hydroxylation sites is 2. The van der Waals surface area contributed by atoms with Gasteiger partial charge in [-0.15, -0.1) is 11.3 Å². The molecular formula is C50H39N3S. The van der Waals surface area contributed by atoms with Gasteiger partial charge in [0, 0.05) is 60.7 Å². The fourth-order valence-corrected chi connectivity index (χ4v) is 8.97. The highest BCUT2D eigenvalue weighted by Crippen LogP contribution is 2.41. The van der Waals surface area contributed by atoms with E-state index in [1.165, 1.54) is 47.5 Å². The lowest BCUT2D eigenvalue weighted by molar-refractivity contribution is 0.371. The highest BCUT2D eigenvalue weighted by atomic mass is 32.1. The Balaban J connectivity index is 1.09. The van der Waals surface area contributed by atoms with E-state index in [4.69, 9.17) is 4.99 Å². The van der Waals surface area contributed by atoms with Gasteiger partial charge in [-0.05, 0) is 71.1 Å². The van der Waals surface area contributed by atoms with Crippen molar-refractivity contribution in [2.45, 2.75) is 13.1 Å². The lowest BCUT2D eigenvalue weighted by Crippen LogP contribution is -2.23. The Morgan fingerprint density at radius 3 is 2.00 bits per heavy atom. The molecule has 1 unspecified atom stereocenters. The average Bonchev–Trinajstić information content (AvgIpc) is 3.78. The van der Waals surface area contributed by atoms with E-state index < -0.39 is 0 Å². The normalized spacial score (nSPS) is 12.4. The summed E-state index contributed by atoms with van der Waals surface area (Å²) in [5.74, 6) is 0. The zero-order valence-electron chi connectivity index (χ0n) is 30.4. The van der Waals surface area contributed by atoms with Crippen LogP contribution in [0.15, 0.2) is 182 Å². The predicted octanol–water partition coefficient (Wildman–Crippen LogP) is 13.6. The first-order valence-electron chi connectivity index (χ1n) is 18.3. The molecule has 0 amide bonds. The van der Waals surface area contributed by atoms with Crippen molar-refractivity contribution in [1.82, 2.24) is 9.47 Å². The van der Waals surface area contributed by atoms with Gasteiger partial charge in [0.2, 0.25) is 0 Å². The molecule has 260 valence electrons. The highest BCUT2D eigenvalue weighted by Gasteiger charge is 2.23. The molecule has 0 saturated heterocycles. The van der Waals surface area contributed by atoms with Crippen LogP contribution in [-0.2, 0) is 0 Å². The Hall–Kier alpha value is -6.49. The summed E-state index contributed by atoms with van der Waals surface area (Å²) in [5.41, 5.74) is 12.1. The summed E-state index contributed by atoms with van der Waals surface area (Å²) in [4.78, 5) is 7.71. The van der Waals surface area contributed by atoms with E-state index >= 15 is 0 Å². The summed E-state index contributed by atoms with van der Waals surface area (Å²) in [6.07, 6.45) is 1.67. The Labute approximate surface area is 320 Å². The molecule has 2 aromatic heterocycles. The summed E-state index contributed by atoms with van der Waals surface area (Å²) in [7, 11) is 2.10. The zero-order chi connectivity index (χ0) is 36.8. The SMILES string of the molecule is C=Cc1cc(-n2c3ccccc3c3ccccc32)ccc1-c1ccc(C(C)=NC(c2cccc3sc4ccccc4c23)N(C)C(=C)c2ccccc2)cc1. The lowest BCUT2D eigenvalue weighted by atomic mass is 9.97. The van der Waals surface area contributed by atoms with Gasteiger partial charge >= 0.3 is 0 Å². The van der Waals surface area contributed by atoms with Crippen LogP contribution >= 0.6 is 11.3 Å². The minimum absolute atomic E-state index is 0.292. The topological polar surface area (TPSA) is 20.5 Å². The van der Waals surface area contributed by atoms with Crippen LogP contribution in [0.25, 0.3) is 70.6 Å². The number of hydrogen-bond donors (Lipinski definition) is 0. The molecule has 0 fully saturated rings. The molecule has 0 aliphatic rings. The Morgan fingerprint density at radius 1 is 0.667 bits per heavy atom. The van der Waals surface area contributed by atoms with Crippen LogP contribution in [0.3, 0.4) is 0 Å². The van der Waals surface area contributed by atoms with E-state index in [0.29, 0.717) is 0 Å². The minimum Gasteiger partial charge on any atom is -0.349 e. The van der Waals surface area contributed by atoms with Crippen molar-refractivity contribution in [2.75, 3.05) is 7.05 Å². The molecule has 0 aliphatic carbocycles. The first-order chi connectivity index (χ1) is 26.5. The molecule has 7 aromatic carbocycles. The van der Waals surface area contributed by atoms with Crippen molar-refractivity contribution in [3.05, 3.63) is 199 Å². The van der Waals surface area contributed by atoms with Gasteiger partial charge in [0.05, 0.1) is 11.0 Å². The molecule has 4 heteroatoms. The first kappa shape index (κ1) is 33.4. The number of hydrogen-bond acceptors (Lipinski definition) is 3. The molecule has 1 atom stereocenters. The fourth-order valence-electron chi connectivity index (χ4n) is 7.83. The largest absolute Gasteiger partial charge is 0.349 e. The first-order valence-corrected chi connectivity index (χ1v) is 19.1. The quantitative estimate of drug-likeness (QED) is 0.136. The number of nitrogens with zero attached hydrogens (tertiary/aromatic N) is 3. The second-order valence-electron chi connectivity index (χ2n) is 13.8. The molecule has 9 rings (SSSR count). The predicted molar refractivity (Wildman–Crippen MR) is 234 cm³/mol. The fraction of sp³-hybridized carbons (Fsp3) is 0.0600. The van der Waals surface area contributed by atoms with Gasteiger partial charge in [0.15, 0.2) is 0 Å². The molecular weight excluding hydrogens is 675 g/mol. The van der Waals surface area contributed by atoms with Crippen molar-refractivity contribution in [2.24, 2.45) is 4.99 Å². The van der Waals surface area contributed by atoms with Crippen LogP contribution < -0.4 is 0 Å². The minimum atomic E-state index is -0.292. The molecule has 0 N–H and O–H groups in total. The van der Waals surface area contributed by atoms with Gasteiger partial charge < -0.3 is 9.47 Å². The maximum atomic E-state index is 5.49. The molecule has 0 aliphatic heterocycles. The van der Waals surface area contributed by atoms with Gasteiger partial charge in [-0.25, -0.2) is 0 Å². The van der Waals surface area contributed by atoms with Gasteiger partial charge in [-0.3, -0.25) is 4.99 Å². The van der Waals surface area contributed by atoms with Gasteiger partial charge in [-0.2, -0.15) is 0 Å². The number of aliphatic imine (C=N–C) groups is 1. The van der Waals surface area contributed by atoms with Crippen LogP contribution in [0.1, 0.15) is 35.3 Å². The van der Waals surface area contributed by atoms with Crippen molar-refractivity contribution in [3.8, 4) is 16.8 Å². The van der Waals surface area contributed by atoms with Gasteiger partial charge in [-0.1, -0.05) is 147 Å². The van der Waals surface area contributed by atoms with E-state index in [9.17, 15) is 0 Å². The standard InChI is InChI=1S/C50H39N3S/c1-5-35-32-39(53-45-22-12-9-18-41(45)42-19-10-13-23-46(42)53)30-31-40(35)38-28-26-36(27-29-38)33(2)51-50(52(4)34(3)37-16-7-6-8-17-37)44-21-15-25-48-49(44)43-20-11-14-24-47(43)54-48/h5-32,50H,1,3H2,2,4H3. The number of benzene rings is 7. The van der Waals surface area contributed by atoms with E-state index in [-0.39, 0.29) is 6.17 Å². The van der Waals surface area contributed by atoms with E-state index in [0.717, 1.165) is 44.9 Å². The van der Waals surface area contributed by atoms with Crippen LogP contribution in [0, 0.1) is 0 Å². The van der Waals surface area contributed by atoms with Crippen LogP contribution in [-0.4, -0.2) is 22.2 Å². The van der Waals surface area contributed by atoms with E-state index in [1.807, 2.05) is 23.5 Å². The number of fused-ring (bicyclic) bond motifs is 6. The maximum absolute atomic E-state index is 5.49. The molecule has 0 saturated carbocycles. The van der Waals surface area contributed by atoms with Crippen molar-refractivity contribution in [1.29, 1.82) is 0 Å². The summed E-state index contributed by atoms with van der Waals surface area (Å²) >= 11 is 1.83. The lowest BCUT2D eigenvalue weighted by Gasteiger charge is -2.30. The smallest absolute Gasteiger partial charge is 0.147 e. The molecule has 0 spiro atoms. The second kappa shape index (κ2) is 13.8. The van der Waals surface area contributed by atoms with Crippen LogP contribution in [0.4, 0.5) is 0 Å². The van der Waals surface area contributed by atoms with Gasteiger partial charge in [0.1, 0.15) is 6.17 Å². The Kier molecular flexibility index (Phi) is 8.53. The molecule has 3 nitrogen and oxygen atoms in total. The molecule has 0 bridgehead atoms.